The second-order valence-corrected chi connectivity index (χ2v) is 6.63. The lowest BCUT2D eigenvalue weighted by atomic mass is 9.93. The van der Waals surface area contributed by atoms with Crippen molar-refractivity contribution in [2.24, 2.45) is 0 Å². The minimum Gasteiger partial charge on any atom is -0.289 e. The highest BCUT2D eigenvalue weighted by atomic mass is 32.1. The third kappa shape index (κ3) is 2.79. The van der Waals surface area contributed by atoms with E-state index < -0.39 is 0 Å². The topological polar surface area (TPSA) is 34.1 Å². The van der Waals surface area contributed by atoms with Crippen molar-refractivity contribution in [3.63, 3.8) is 0 Å². The predicted octanol–water partition coefficient (Wildman–Crippen LogP) is 5.36. The molecule has 0 fully saturated rings. The number of rotatable bonds is 4. The van der Waals surface area contributed by atoms with Crippen LogP contribution in [-0.2, 0) is 0 Å². The van der Waals surface area contributed by atoms with Crippen molar-refractivity contribution in [3.8, 4) is 0 Å². The van der Waals surface area contributed by atoms with Crippen LogP contribution in [0, 0.1) is 0 Å². The van der Waals surface area contributed by atoms with Gasteiger partial charge in [-0.3, -0.25) is 9.59 Å². The van der Waals surface area contributed by atoms with Gasteiger partial charge in [-0.25, -0.2) is 0 Å². The minimum absolute atomic E-state index is 0.114. The van der Waals surface area contributed by atoms with Crippen molar-refractivity contribution in [3.05, 3.63) is 106 Å². The molecule has 3 heteroatoms. The molecule has 1 heterocycles. The minimum atomic E-state index is -0.135. The molecule has 4 aromatic rings. The molecule has 0 aliphatic rings. The summed E-state index contributed by atoms with van der Waals surface area (Å²) in [5.41, 5.74) is 2.11. The molecule has 0 saturated carbocycles. The molecule has 0 spiro atoms. The fourth-order valence-corrected chi connectivity index (χ4v) is 3.86. The third-order valence-electron chi connectivity index (χ3n) is 4.18. The van der Waals surface area contributed by atoms with Gasteiger partial charge in [-0.2, -0.15) is 0 Å². The van der Waals surface area contributed by atoms with Gasteiger partial charge < -0.3 is 0 Å². The van der Waals surface area contributed by atoms with Crippen molar-refractivity contribution >= 4 is 33.0 Å². The first-order valence-corrected chi connectivity index (χ1v) is 8.83. The van der Waals surface area contributed by atoms with E-state index in [2.05, 4.69) is 0 Å². The number of benzene rings is 3. The predicted molar refractivity (Wildman–Crippen MR) is 102 cm³/mol. The molecule has 4 rings (SSSR count). The number of thiophene rings is 1. The molecular formula is C22H14O2S. The lowest BCUT2D eigenvalue weighted by Crippen LogP contribution is -2.10. The highest BCUT2D eigenvalue weighted by molar-refractivity contribution is 7.17. The lowest BCUT2D eigenvalue weighted by Gasteiger charge is -2.08. The van der Waals surface area contributed by atoms with E-state index >= 15 is 0 Å². The van der Waals surface area contributed by atoms with Crippen molar-refractivity contribution in [2.75, 3.05) is 0 Å². The highest BCUT2D eigenvalue weighted by Crippen LogP contribution is 2.28. The van der Waals surface area contributed by atoms with Crippen LogP contribution in [0.25, 0.3) is 10.1 Å². The first-order chi connectivity index (χ1) is 12.3. The maximum absolute atomic E-state index is 13.1. The van der Waals surface area contributed by atoms with Gasteiger partial charge in [0.2, 0.25) is 0 Å². The summed E-state index contributed by atoms with van der Waals surface area (Å²) in [5, 5.41) is 2.80. The van der Waals surface area contributed by atoms with Crippen LogP contribution in [0.5, 0.6) is 0 Å². The number of carbonyl (C=O) groups excluding carboxylic acids is 2. The van der Waals surface area contributed by atoms with E-state index in [9.17, 15) is 9.59 Å². The Hall–Kier alpha value is -3.04. The molecule has 120 valence electrons. The normalized spacial score (nSPS) is 10.7. The van der Waals surface area contributed by atoms with Gasteiger partial charge >= 0.3 is 0 Å². The third-order valence-corrected chi connectivity index (χ3v) is 5.14. The summed E-state index contributed by atoms with van der Waals surface area (Å²) in [7, 11) is 0. The summed E-state index contributed by atoms with van der Waals surface area (Å²) in [6.07, 6.45) is 0. The van der Waals surface area contributed by atoms with Crippen molar-refractivity contribution in [1.29, 1.82) is 0 Å². The Morgan fingerprint density at radius 3 is 1.96 bits per heavy atom. The average molecular weight is 342 g/mol. The first kappa shape index (κ1) is 15.5. The van der Waals surface area contributed by atoms with Crippen LogP contribution >= 0.6 is 11.3 Å². The fourth-order valence-electron chi connectivity index (χ4n) is 2.92. The summed E-state index contributed by atoms with van der Waals surface area (Å²) in [4.78, 5) is 26.0. The Bertz CT molecular complexity index is 1080. The molecule has 0 unspecified atom stereocenters. The van der Waals surface area contributed by atoms with Crippen LogP contribution in [0.1, 0.15) is 31.8 Å². The molecule has 0 amide bonds. The molecule has 0 bridgehead atoms. The van der Waals surface area contributed by atoms with E-state index in [1.165, 1.54) is 0 Å². The molecule has 2 nitrogen and oxygen atoms in total. The van der Waals surface area contributed by atoms with Crippen LogP contribution in [-0.4, -0.2) is 11.6 Å². The molecule has 0 radical (unpaired) electrons. The van der Waals surface area contributed by atoms with Gasteiger partial charge in [0.05, 0.1) is 0 Å². The number of fused-ring (bicyclic) bond motifs is 1. The largest absolute Gasteiger partial charge is 0.289 e. The average Bonchev–Trinajstić information content (AvgIpc) is 3.12. The van der Waals surface area contributed by atoms with Crippen LogP contribution in [0.3, 0.4) is 0 Å². The fraction of sp³-hybridized carbons (Fsp3) is 0. The van der Waals surface area contributed by atoms with Gasteiger partial charge in [-0.1, -0.05) is 72.8 Å². The molecule has 3 aromatic carbocycles. The maximum Gasteiger partial charge on any atom is 0.195 e. The second kappa shape index (κ2) is 6.46. The summed E-state index contributed by atoms with van der Waals surface area (Å²) in [6.45, 7) is 0. The zero-order valence-corrected chi connectivity index (χ0v) is 14.1. The molecular weight excluding hydrogens is 328 g/mol. The SMILES string of the molecule is O=C(c1ccccc1)c1ccccc1C(=O)c1csc2ccccc12. The van der Waals surface area contributed by atoms with Crippen molar-refractivity contribution in [2.45, 2.75) is 0 Å². The van der Waals surface area contributed by atoms with E-state index in [-0.39, 0.29) is 11.6 Å². The molecule has 0 saturated heterocycles. The van der Waals surface area contributed by atoms with Gasteiger partial charge in [0.25, 0.3) is 0 Å². The van der Waals surface area contributed by atoms with Crippen LogP contribution in [0.2, 0.25) is 0 Å². The van der Waals surface area contributed by atoms with Crippen molar-refractivity contribution < 1.29 is 9.59 Å². The molecule has 0 atom stereocenters. The van der Waals surface area contributed by atoms with E-state index in [4.69, 9.17) is 0 Å². The zero-order valence-electron chi connectivity index (χ0n) is 13.3. The zero-order chi connectivity index (χ0) is 17.2. The van der Waals surface area contributed by atoms with Crippen LogP contribution < -0.4 is 0 Å². The maximum atomic E-state index is 13.1. The number of hydrogen-bond donors (Lipinski definition) is 0. The van der Waals surface area contributed by atoms with Crippen LogP contribution in [0.4, 0.5) is 0 Å². The van der Waals surface area contributed by atoms with E-state index in [1.807, 2.05) is 47.8 Å². The van der Waals surface area contributed by atoms with Gasteiger partial charge in [-0.05, 0) is 6.07 Å². The highest BCUT2D eigenvalue weighted by Gasteiger charge is 2.21. The van der Waals surface area contributed by atoms with Crippen molar-refractivity contribution in [1.82, 2.24) is 0 Å². The number of hydrogen-bond acceptors (Lipinski definition) is 3. The van der Waals surface area contributed by atoms with Gasteiger partial charge in [0, 0.05) is 37.7 Å². The summed E-state index contributed by atoms with van der Waals surface area (Å²) in [5.74, 6) is -0.249. The standard InChI is InChI=1S/C22H14O2S/c23-21(15-8-2-1-3-9-15)17-11-4-5-12-18(17)22(24)19-14-25-20-13-7-6-10-16(19)20/h1-14H. The van der Waals surface area contributed by atoms with Gasteiger partial charge in [-0.15, -0.1) is 11.3 Å². The molecule has 0 N–H and O–H groups in total. The lowest BCUT2D eigenvalue weighted by molar-refractivity contribution is 0.100. The number of carbonyl (C=O) groups is 2. The van der Waals surface area contributed by atoms with E-state index in [0.717, 1.165) is 10.1 Å². The summed E-state index contributed by atoms with van der Waals surface area (Å²) >= 11 is 1.54. The van der Waals surface area contributed by atoms with E-state index in [0.29, 0.717) is 22.3 Å². The molecule has 0 aliphatic carbocycles. The Balaban J connectivity index is 1.81. The summed E-state index contributed by atoms with van der Waals surface area (Å²) < 4.78 is 1.07. The summed E-state index contributed by atoms with van der Waals surface area (Å²) in [6, 6.07) is 23.9. The second-order valence-electron chi connectivity index (χ2n) is 5.72. The van der Waals surface area contributed by atoms with E-state index in [1.54, 1.807) is 47.7 Å². The van der Waals surface area contributed by atoms with Gasteiger partial charge in [0.1, 0.15) is 0 Å². The molecule has 25 heavy (non-hydrogen) atoms. The van der Waals surface area contributed by atoms with Gasteiger partial charge in [0.15, 0.2) is 11.6 Å². The quantitative estimate of drug-likeness (QED) is 0.468. The Morgan fingerprint density at radius 1 is 0.600 bits per heavy atom. The molecule has 0 aliphatic heterocycles. The monoisotopic (exact) mass is 342 g/mol. The Labute approximate surface area is 149 Å². The Morgan fingerprint density at radius 2 is 1.20 bits per heavy atom. The Kier molecular flexibility index (Phi) is 4.00. The number of ketones is 2. The molecule has 1 aromatic heterocycles. The smallest absolute Gasteiger partial charge is 0.195 e. The first-order valence-electron chi connectivity index (χ1n) is 7.95. The van der Waals surface area contributed by atoms with Crippen LogP contribution in [0.15, 0.2) is 84.2 Å².